The predicted octanol–water partition coefficient (Wildman–Crippen LogP) is 4.99. The molecule has 0 atom stereocenters. The Kier molecular flexibility index (Phi) is 4.84. The summed E-state index contributed by atoms with van der Waals surface area (Å²) >= 11 is 0. The number of fused-ring (bicyclic) bond motifs is 1. The normalized spacial score (nSPS) is 12.5. The number of para-hydroxylation sites is 1. The summed E-state index contributed by atoms with van der Waals surface area (Å²) in [6.45, 7) is 0.939. The average molecular weight is 407 g/mol. The molecule has 5 rings (SSSR count). The molecule has 0 saturated heterocycles. The lowest BCUT2D eigenvalue weighted by Crippen LogP contribution is -2.23. The van der Waals surface area contributed by atoms with E-state index in [-0.39, 0.29) is 5.56 Å². The number of amides is 1. The van der Waals surface area contributed by atoms with Gasteiger partial charge in [-0.1, -0.05) is 48.5 Å². The third-order valence-electron chi connectivity index (χ3n) is 5.56. The molecule has 2 N–H and O–H groups in total. The van der Waals surface area contributed by atoms with E-state index in [1.54, 1.807) is 12.1 Å². The second kappa shape index (κ2) is 7.95. The maximum Gasteiger partial charge on any atom is 0.261 e. The van der Waals surface area contributed by atoms with E-state index in [4.69, 9.17) is 0 Å². The van der Waals surface area contributed by atoms with Crippen molar-refractivity contribution in [2.45, 2.75) is 6.42 Å². The maximum absolute atomic E-state index is 12.6. The van der Waals surface area contributed by atoms with Crippen molar-refractivity contribution in [3.8, 4) is 11.3 Å². The topological polar surface area (TPSA) is 65.2 Å². The van der Waals surface area contributed by atoms with Crippen molar-refractivity contribution in [2.75, 3.05) is 16.8 Å². The summed E-state index contributed by atoms with van der Waals surface area (Å²) in [6.07, 6.45) is 1.02. The summed E-state index contributed by atoms with van der Waals surface area (Å²) in [6, 6.07) is 28.9. The largest absolute Gasteiger partial charge is 0.341 e. The third kappa shape index (κ3) is 3.73. The van der Waals surface area contributed by atoms with Crippen molar-refractivity contribution < 1.29 is 4.79 Å². The fraction of sp³-hybridized carbons (Fsp3) is 0.0769. The van der Waals surface area contributed by atoms with Gasteiger partial charge < -0.3 is 15.2 Å². The number of carbonyl (C=O) groups is 1. The van der Waals surface area contributed by atoms with Crippen LogP contribution in [0.1, 0.15) is 15.9 Å². The Balaban J connectivity index is 1.32. The van der Waals surface area contributed by atoms with Crippen molar-refractivity contribution >= 4 is 23.0 Å². The Morgan fingerprint density at radius 3 is 2.35 bits per heavy atom. The SMILES string of the molecule is O=C(Nc1ccc(N2CCc3ccccc32)cc1)c1ccc(-c2ccccc2)[nH]c1=O. The van der Waals surface area contributed by atoms with E-state index in [1.807, 2.05) is 60.7 Å². The zero-order valence-electron chi connectivity index (χ0n) is 16.8. The van der Waals surface area contributed by atoms with E-state index in [0.717, 1.165) is 24.2 Å². The molecule has 1 aliphatic rings. The number of carbonyl (C=O) groups excluding carboxylic acids is 1. The first-order valence-corrected chi connectivity index (χ1v) is 10.2. The van der Waals surface area contributed by atoms with E-state index in [0.29, 0.717) is 11.4 Å². The number of anilines is 3. The first-order chi connectivity index (χ1) is 15.2. The van der Waals surface area contributed by atoms with Crippen LogP contribution in [-0.2, 0) is 6.42 Å². The molecule has 5 nitrogen and oxygen atoms in total. The van der Waals surface area contributed by atoms with Crippen molar-refractivity contribution in [2.24, 2.45) is 0 Å². The van der Waals surface area contributed by atoms with E-state index < -0.39 is 11.5 Å². The van der Waals surface area contributed by atoms with Crippen LogP contribution in [0.15, 0.2) is 95.8 Å². The van der Waals surface area contributed by atoms with Gasteiger partial charge >= 0.3 is 0 Å². The van der Waals surface area contributed by atoms with Crippen molar-refractivity contribution in [3.63, 3.8) is 0 Å². The van der Waals surface area contributed by atoms with Gasteiger partial charge in [0.1, 0.15) is 5.56 Å². The number of benzene rings is 3. The lowest BCUT2D eigenvalue weighted by molar-refractivity contribution is 0.102. The highest BCUT2D eigenvalue weighted by atomic mass is 16.2. The Hall–Kier alpha value is -4.12. The van der Waals surface area contributed by atoms with Crippen LogP contribution >= 0.6 is 0 Å². The number of pyridine rings is 1. The molecule has 0 spiro atoms. The molecule has 152 valence electrons. The molecule has 0 aliphatic carbocycles. The number of H-pyrrole nitrogens is 1. The highest BCUT2D eigenvalue weighted by Gasteiger charge is 2.19. The molecular formula is C26H21N3O2. The summed E-state index contributed by atoms with van der Waals surface area (Å²) in [7, 11) is 0. The van der Waals surface area contributed by atoms with Gasteiger partial charge in [-0.25, -0.2) is 0 Å². The van der Waals surface area contributed by atoms with Crippen molar-refractivity contribution in [1.29, 1.82) is 0 Å². The van der Waals surface area contributed by atoms with Gasteiger partial charge in [0.05, 0.1) is 0 Å². The van der Waals surface area contributed by atoms with Crippen LogP contribution < -0.4 is 15.8 Å². The molecule has 1 aromatic heterocycles. The van der Waals surface area contributed by atoms with Crippen LogP contribution in [0.3, 0.4) is 0 Å². The van der Waals surface area contributed by atoms with Gasteiger partial charge in [-0.3, -0.25) is 9.59 Å². The van der Waals surface area contributed by atoms with Crippen LogP contribution in [0.5, 0.6) is 0 Å². The molecule has 0 bridgehead atoms. The van der Waals surface area contributed by atoms with Gasteiger partial charge in [0, 0.05) is 29.3 Å². The van der Waals surface area contributed by atoms with Gasteiger partial charge in [0.2, 0.25) is 0 Å². The van der Waals surface area contributed by atoms with Gasteiger partial charge in [0.15, 0.2) is 0 Å². The van der Waals surface area contributed by atoms with Crippen molar-refractivity contribution in [1.82, 2.24) is 4.98 Å². The number of hydrogen-bond acceptors (Lipinski definition) is 3. The number of aromatic nitrogens is 1. The first kappa shape index (κ1) is 18.9. The molecule has 5 heteroatoms. The van der Waals surface area contributed by atoms with Crippen LogP contribution in [0.25, 0.3) is 11.3 Å². The highest BCUT2D eigenvalue weighted by molar-refractivity contribution is 6.04. The Labute approximate surface area is 180 Å². The van der Waals surface area contributed by atoms with Gasteiger partial charge in [-0.2, -0.15) is 0 Å². The minimum atomic E-state index is -0.430. The molecule has 0 saturated carbocycles. The van der Waals surface area contributed by atoms with Crippen LogP contribution in [0, 0.1) is 0 Å². The average Bonchev–Trinajstić information content (AvgIpc) is 3.24. The molecule has 0 unspecified atom stereocenters. The van der Waals surface area contributed by atoms with E-state index in [2.05, 4.69) is 33.4 Å². The summed E-state index contributed by atoms with van der Waals surface area (Å²) in [5, 5.41) is 2.82. The maximum atomic E-state index is 12.6. The Bertz CT molecular complexity index is 1290. The molecule has 1 aliphatic heterocycles. The van der Waals surface area contributed by atoms with Crippen LogP contribution in [-0.4, -0.2) is 17.4 Å². The molecule has 31 heavy (non-hydrogen) atoms. The molecule has 2 heterocycles. The van der Waals surface area contributed by atoms with E-state index in [9.17, 15) is 9.59 Å². The predicted molar refractivity (Wildman–Crippen MR) is 124 cm³/mol. The van der Waals surface area contributed by atoms with Crippen LogP contribution in [0.4, 0.5) is 17.1 Å². The minimum absolute atomic E-state index is 0.0808. The fourth-order valence-electron chi connectivity index (χ4n) is 3.97. The highest BCUT2D eigenvalue weighted by Crippen LogP contribution is 2.34. The van der Waals surface area contributed by atoms with E-state index >= 15 is 0 Å². The molecule has 4 aromatic rings. The number of nitrogens with zero attached hydrogens (tertiary/aromatic N) is 1. The number of aromatic amines is 1. The zero-order valence-corrected chi connectivity index (χ0v) is 16.8. The zero-order chi connectivity index (χ0) is 21.2. The summed E-state index contributed by atoms with van der Waals surface area (Å²) in [5.41, 5.74) is 5.53. The summed E-state index contributed by atoms with van der Waals surface area (Å²) in [5.74, 6) is -0.430. The van der Waals surface area contributed by atoms with Crippen LogP contribution in [0.2, 0.25) is 0 Å². The fourth-order valence-corrected chi connectivity index (χ4v) is 3.97. The minimum Gasteiger partial charge on any atom is -0.341 e. The monoisotopic (exact) mass is 407 g/mol. The quantitative estimate of drug-likeness (QED) is 0.501. The van der Waals surface area contributed by atoms with Gasteiger partial charge in [-0.15, -0.1) is 0 Å². The number of rotatable bonds is 4. The third-order valence-corrected chi connectivity index (χ3v) is 5.56. The van der Waals surface area contributed by atoms with Crippen molar-refractivity contribution in [3.05, 3.63) is 112 Å². The standard InChI is InChI=1S/C26H21N3O2/c30-25(22-14-15-23(28-26(22)31)18-6-2-1-3-7-18)27-20-10-12-21(13-11-20)29-17-16-19-8-4-5-9-24(19)29/h1-15H,16-17H2,(H,27,30)(H,28,31). The second-order valence-corrected chi connectivity index (χ2v) is 7.51. The first-order valence-electron chi connectivity index (χ1n) is 10.2. The Morgan fingerprint density at radius 1 is 0.839 bits per heavy atom. The summed E-state index contributed by atoms with van der Waals surface area (Å²) < 4.78 is 0. The van der Waals surface area contributed by atoms with Gasteiger partial charge in [0.25, 0.3) is 11.5 Å². The van der Waals surface area contributed by atoms with Gasteiger partial charge in [-0.05, 0) is 60.0 Å². The summed E-state index contributed by atoms with van der Waals surface area (Å²) in [4.78, 5) is 30.2. The second-order valence-electron chi connectivity index (χ2n) is 7.51. The number of nitrogens with one attached hydrogen (secondary N) is 2. The Morgan fingerprint density at radius 2 is 1.58 bits per heavy atom. The molecule has 0 radical (unpaired) electrons. The number of hydrogen-bond donors (Lipinski definition) is 2. The smallest absolute Gasteiger partial charge is 0.261 e. The molecule has 1 amide bonds. The lowest BCUT2D eigenvalue weighted by Gasteiger charge is -2.20. The molecular weight excluding hydrogens is 386 g/mol. The molecule has 3 aromatic carbocycles. The molecule has 0 fully saturated rings. The van der Waals surface area contributed by atoms with E-state index in [1.165, 1.54) is 11.3 Å². The lowest BCUT2D eigenvalue weighted by atomic mass is 10.1.